The van der Waals surface area contributed by atoms with Gasteiger partial charge in [0.25, 0.3) is 5.56 Å². The fraction of sp³-hybridized carbons (Fsp3) is 0.467. The first-order valence-corrected chi connectivity index (χ1v) is 7.53. The van der Waals surface area contributed by atoms with Crippen LogP contribution >= 0.6 is 0 Å². The summed E-state index contributed by atoms with van der Waals surface area (Å²) in [5.74, 6) is 0.276. The quantitative estimate of drug-likeness (QED) is 0.756. The van der Waals surface area contributed by atoms with Crippen LogP contribution in [0.4, 0.5) is 0 Å². The van der Waals surface area contributed by atoms with E-state index < -0.39 is 0 Å². The molecule has 0 radical (unpaired) electrons. The minimum absolute atomic E-state index is 0.0233. The van der Waals surface area contributed by atoms with Gasteiger partial charge in [0.2, 0.25) is 5.91 Å². The molecular formula is C15H19N5O2. The Hall–Kier alpha value is -2.44. The molecule has 7 heteroatoms. The van der Waals surface area contributed by atoms with E-state index in [4.69, 9.17) is 0 Å². The molecule has 0 saturated heterocycles. The molecule has 1 aliphatic carbocycles. The Labute approximate surface area is 128 Å². The molecular weight excluding hydrogens is 282 g/mol. The number of aryl methyl sites for hydroxylation is 1. The highest BCUT2D eigenvalue weighted by atomic mass is 16.2. The lowest BCUT2D eigenvalue weighted by atomic mass is 10.3. The Morgan fingerprint density at radius 3 is 2.95 bits per heavy atom. The Balaban J connectivity index is 1.47. The zero-order valence-electron chi connectivity index (χ0n) is 12.3. The zero-order valence-corrected chi connectivity index (χ0v) is 12.3. The average molecular weight is 301 g/mol. The number of imidazole rings is 1. The average Bonchev–Trinajstić information content (AvgIpc) is 3.23. The lowest BCUT2D eigenvalue weighted by Crippen LogP contribution is -2.34. The number of carbonyl (C=O) groups is 1. The van der Waals surface area contributed by atoms with Crippen molar-refractivity contribution in [1.82, 2.24) is 24.6 Å². The van der Waals surface area contributed by atoms with E-state index in [1.54, 1.807) is 18.6 Å². The molecule has 0 aromatic carbocycles. The molecule has 22 heavy (non-hydrogen) atoms. The lowest BCUT2D eigenvalue weighted by Gasteiger charge is -2.08. The summed E-state index contributed by atoms with van der Waals surface area (Å²) in [5.41, 5.74) is 0.672. The number of hydrogen-bond acceptors (Lipinski definition) is 4. The van der Waals surface area contributed by atoms with Crippen LogP contribution in [0.2, 0.25) is 0 Å². The maximum atomic E-state index is 11.9. The standard InChI is InChI=1S/C15H19N5O2/c21-14(17-6-1-8-19-9-7-16-11-19)10-20-15(22)5-4-13(18-20)12-2-3-12/h4-5,7,9,11-12H,1-3,6,8,10H2,(H,17,21). The van der Waals surface area contributed by atoms with Gasteiger partial charge in [-0.3, -0.25) is 9.59 Å². The van der Waals surface area contributed by atoms with Crippen LogP contribution < -0.4 is 10.9 Å². The second kappa shape index (κ2) is 6.55. The van der Waals surface area contributed by atoms with Crippen molar-refractivity contribution in [3.8, 4) is 0 Å². The zero-order chi connectivity index (χ0) is 15.4. The normalized spacial score (nSPS) is 14.0. The van der Waals surface area contributed by atoms with Gasteiger partial charge in [0.05, 0.1) is 12.0 Å². The van der Waals surface area contributed by atoms with Gasteiger partial charge in [0.15, 0.2) is 0 Å². The van der Waals surface area contributed by atoms with Crippen molar-refractivity contribution >= 4 is 5.91 Å². The molecule has 1 saturated carbocycles. The van der Waals surface area contributed by atoms with E-state index in [-0.39, 0.29) is 18.0 Å². The van der Waals surface area contributed by atoms with Gasteiger partial charge in [0, 0.05) is 37.5 Å². The van der Waals surface area contributed by atoms with Crippen molar-refractivity contribution in [2.75, 3.05) is 6.54 Å². The molecule has 2 heterocycles. The third-order valence-corrected chi connectivity index (χ3v) is 3.65. The molecule has 2 aromatic rings. The molecule has 1 N–H and O–H groups in total. The highest BCUT2D eigenvalue weighted by Crippen LogP contribution is 2.38. The summed E-state index contributed by atoms with van der Waals surface area (Å²) >= 11 is 0. The second-order valence-corrected chi connectivity index (χ2v) is 5.53. The van der Waals surface area contributed by atoms with E-state index >= 15 is 0 Å². The Morgan fingerprint density at radius 1 is 1.36 bits per heavy atom. The van der Waals surface area contributed by atoms with E-state index in [9.17, 15) is 9.59 Å². The molecule has 0 unspecified atom stereocenters. The van der Waals surface area contributed by atoms with Crippen molar-refractivity contribution in [2.45, 2.75) is 38.3 Å². The fourth-order valence-electron chi connectivity index (χ4n) is 2.28. The van der Waals surface area contributed by atoms with Crippen molar-refractivity contribution < 1.29 is 4.79 Å². The molecule has 0 bridgehead atoms. The second-order valence-electron chi connectivity index (χ2n) is 5.53. The van der Waals surface area contributed by atoms with Crippen LogP contribution in [0.1, 0.15) is 30.9 Å². The summed E-state index contributed by atoms with van der Waals surface area (Å²) in [4.78, 5) is 27.6. The Kier molecular flexibility index (Phi) is 4.32. The molecule has 7 nitrogen and oxygen atoms in total. The molecule has 1 aliphatic rings. The first-order valence-electron chi connectivity index (χ1n) is 7.53. The van der Waals surface area contributed by atoms with Gasteiger partial charge in [0.1, 0.15) is 6.54 Å². The number of hydrogen-bond donors (Lipinski definition) is 1. The van der Waals surface area contributed by atoms with Gasteiger partial charge >= 0.3 is 0 Å². The first-order chi connectivity index (χ1) is 10.7. The summed E-state index contributed by atoms with van der Waals surface area (Å²) < 4.78 is 3.20. The summed E-state index contributed by atoms with van der Waals surface area (Å²) in [6, 6.07) is 3.26. The maximum absolute atomic E-state index is 11.9. The van der Waals surface area contributed by atoms with Gasteiger partial charge in [-0.25, -0.2) is 9.67 Å². The number of carbonyl (C=O) groups excluding carboxylic acids is 1. The molecule has 0 aliphatic heterocycles. The summed E-state index contributed by atoms with van der Waals surface area (Å²) in [5, 5.41) is 7.09. The van der Waals surface area contributed by atoms with Crippen LogP contribution in [0.5, 0.6) is 0 Å². The summed E-state index contributed by atoms with van der Waals surface area (Å²) in [6.07, 6.45) is 8.40. The Bertz CT molecular complexity index is 688. The topological polar surface area (TPSA) is 81.8 Å². The predicted octanol–water partition coefficient (Wildman–Crippen LogP) is 0.524. The SMILES string of the molecule is O=C(Cn1nc(C2CC2)ccc1=O)NCCCn1ccnc1. The molecule has 0 atom stereocenters. The van der Waals surface area contributed by atoms with Crippen LogP contribution in [0.3, 0.4) is 0 Å². The number of rotatable bonds is 7. The number of nitrogens with one attached hydrogen (secondary N) is 1. The van der Waals surface area contributed by atoms with Crippen molar-refractivity contribution in [3.05, 3.63) is 46.9 Å². The third kappa shape index (κ3) is 3.81. The van der Waals surface area contributed by atoms with Gasteiger partial charge in [-0.15, -0.1) is 0 Å². The van der Waals surface area contributed by atoms with Crippen molar-refractivity contribution in [2.24, 2.45) is 0 Å². The third-order valence-electron chi connectivity index (χ3n) is 3.65. The molecule has 2 aromatic heterocycles. The van der Waals surface area contributed by atoms with Crippen LogP contribution in [0.15, 0.2) is 35.6 Å². The van der Waals surface area contributed by atoms with Crippen LogP contribution in [-0.4, -0.2) is 31.8 Å². The molecule has 3 rings (SSSR count). The van der Waals surface area contributed by atoms with Gasteiger partial charge in [-0.1, -0.05) is 0 Å². The summed E-state index contributed by atoms with van der Waals surface area (Å²) in [6.45, 7) is 1.34. The first kappa shape index (κ1) is 14.5. The number of amides is 1. The van der Waals surface area contributed by atoms with E-state index in [2.05, 4.69) is 15.4 Å². The van der Waals surface area contributed by atoms with Gasteiger partial charge in [-0.2, -0.15) is 5.10 Å². The molecule has 1 fully saturated rings. The number of aromatic nitrogens is 4. The molecule has 116 valence electrons. The van der Waals surface area contributed by atoms with Crippen LogP contribution in [0.25, 0.3) is 0 Å². The van der Waals surface area contributed by atoms with Crippen molar-refractivity contribution in [1.29, 1.82) is 0 Å². The van der Waals surface area contributed by atoms with Gasteiger partial charge in [-0.05, 0) is 25.3 Å². The minimum atomic E-state index is -0.238. The number of nitrogens with zero attached hydrogens (tertiary/aromatic N) is 4. The highest BCUT2D eigenvalue weighted by Gasteiger charge is 2.25. The monoisotopic (exact) mass is 301 g/mol. The van der Waals surface area contributed by atoms with Gasteiger partial charge < -0.3 is 9.88 Å². The lowest BCUT2D eigenvalue weighted by molar-refractivity contribution is -0.121. The fourth-order valence-corrected chi connectivity index (χ4v) is 2.28. The van der Waals surface area contributed by atoms with E-state index in [0.717, 1.165) is 31.5 Å². The Morgan fingerprint density at radius 2 is 2.23 bits per heavy atom. The van der Waals surface area contributed by atoms with Crippen LogP contribution in [-0.2, 0) is 17.9 Å². The molecule has 0 spiro atoms. The van der Waals surface area contributed by atoms with Crippen molar-refractivity contribution in [3.63, 3.8) is 0 Å². The van der Waals surface area contributed by atoms with E-state index in [1.165, 1.54) is 10.7 Å². The minimum Gasteiger partial charge on any atom is -0.354 e. The highest BCUT2D eigenvalue weighted by molar-refractivity contribution is 5.75. The van der Waals surface area contributed by atoms with E-state index in [0.29, 0.717) is 12.5 Å². The molecule has 1 amide bonds. The predicted molar refractivity (Wildman–Crippen MR) is 80.3 cm³/mol. The smallest absolute Gasteiger partial charge is 0.267 e. The summed E-state index contributed by atoms with van der Waals surface area (Å²) in [7, 11) is 0. The largest absolute Gasteiger partial charge is 0.354 e. The maximum Gasteiger partial charge on any atom is 0.267 e. The van der Waals surface area contributed by atoms with Crippen LogP contribution in [0, 0.1) is 0 Å². The van der Waals surface area contributed by atoms with E-state index in [1.807, 2.05) is 10.8 Å².